The minimum atomic E-state index is -1.06. The van der Waals surface area contributed by atoms with Crippen LogP contribution in [0.25, 0.3) is 11.1 Å². The number of carbonyl (C=O) groups is 3. The molecule has 2 N–H and O–H groups in total. The van der Waals surface area contributed by atoms with E-state index in [0.717, 1.165) is 16.7 Å². The number of hydrogen-bond acceptors (Lipinski definition) is 4. The first-order valence-electron chi connectivity index (χ1n) is 13.4. The molecule has 1 aliphatic rings. The van der Waals surface area contributed by atoms with Gasteiger partial charge in [0.05, 0.1) is 0 Å². The molecule has 0 saturated carbocycles. The summed E-state index contributed by atoms with van der Waals surface area (Å²) in [5.41, 5.74) is 5.49. The van der Waals surface area contributed by atoms with Gasteiger partial charge >= 0.3 is 12.1 Å². The zero-order valence-electron chi connectivity index (χ0n) is 22.5. The lowest BCUT2D eigenvalue weighted by atomic mass is 9.93. The van der Waals surface area contributed by atoms with E-state index in [9.17, 15) is 19.5 Å². The number of carboxylic acid groups (broad SMARTS) is 1. The third-order valence-electron chi connectivity index (χ3n) is 7.04. The standard InChI is InChI=1S/C32H36N2O5/c1-22(2)16-24(17-30(35)34(20-31(36)37)19-23-10-4-3-5-11-23)18-33-32(38)39-21-29-27-14-8-6-12-25(27)26-13-7-9-15-28(26)29/h3-15,22,24,29H,16-21H2,1-2H3,(H,33,38)(H,36,37)/t24-/m0/s1. The summed E-state index contributed by atoms with van der Waals surface area (Å²) in [6.45, 7) is 4.46. The van der Waals surface area contributed by atoms with E-state index >= 15 is 0 Å². The first-order chi connectivity index (χ1) is 18.8. The van der Waals surface area contributed by atoms with Crippen molar-refractivity contribution in [3.8, 4) is 11.1 Å². The van der Waals surface area contributed by atoms with Crippen LogP contribution in [0.2, 0.25) is 0 Å². The van der Waals surface area contributed by atoms with E-state index in [1.165, 1.54) is 16.0 Å². The molecule has 0 fully saturated rings. The SMILES string of the molecule is CC(C)C[C@H](CNC(=O)OCC1c2ccccc2-c2ccccc21)CC(=O)N(CC(=O)O)Cc1ccccc1. The Morgan fingerprint density at radius 2 is 1.49 bits per heavy atom. The minimum absolute atomic E-state index is 0.0289. The molecule has 0 unspecified atom stereocenters. The van der Waals surface area contributed by atoms with Crippen molar-refractivity contribution < 1.29 is 24.2 Å². The van der Waals surface area contributed by atoms with Crippen molar-refractivity contribution in [2.45, 2.75) is 39.2 Å². The first kappa shape index (κ1) is 27.9. The Labute approximate surface area is 229 Å². The van der Waals surface area contributed by atoms with Crippen molar-refractivity contribution in [3.05, 3.63) is 95.6 Å². The molecule has 0 spiro atoms. The molecule has 1 aliphatic carbocycles. The molecule has 3 aromatic rings. The number of aliphatic carboxylic acids is 1. The normalized spacial score (nSPS) is 12.9. The van der Waals surface area contributed by atoms with E-state index < -0.39 is 12.1 Å². The lowest BCUT2D eigenvalue weighted by molar-refractivity contribution is -0.145. The molecule has 0 saturated heterocycles. The summed E-state index contributed by atoms with van der Waals surface area (Å²) in [6.07, 6.45) is 0.327. The van der Waals surface area contributed by atoms with Crippen molar-refractivity contribution in [1.82, 2.24) is 10.2 Å². The van der Waals surface area contributed by atoms with Crippen molar-refractivity contribution in [1.29, 1.82) is 0 Å². The second-order valence-electron chi connectivity index (χ2n) is 10.5. The van der Waals surface area contributed by atoms with Gasteiger partial charge in [-0.25, -0.2) is 4.79 Å². The Kier molecular flexibility index (Phi) is 9.36. The van der Waals surface area contributed by atoms with E-state index in [2.05, 4.69) is 43.4 Å². The van der Waals surface area contributed by atoms with Gasteiger partial charge < -0.3 is 20.1 Å². The molecule has 0 bridgehead atoms. The highest BCUT2D eigenvalue weighted by Gasteiger charge is 2.29. The third kappa shape index (κ3) is 7.47. The maximum absolute atomic E-state index is 13.2. The van der Waals surface area contributed by atoms with Crippen LogP contribution < -0.4 is 5.32 Å². The Morgan fingerprint density at radius 3 is 2.08 bits per heavy atom. The van der Waals surface area contributed by atoms with Gasteiger partial charge in [-0.1, -0.05) is 92.7 Å². The lowest BCUT2D eigenvalue weighted by Crippen LogP contribution is -2.38. The van der Waals surface area contributed by atoms with Gasteiger partial charge in [0.25, 0.3) is 0 Å². The summed E-state index contributed by atoms with van der Waals surface area (Å²) in [6, 6.07) is 25.7. The lowest BCUT2D eigenvalue weighted by Gasteiger charge is -2.25. The Morgan fingerprint density at radius 1 is 0.897 bits per heavy atom. The first-order valence-corrected chi connectivity index (χ1v) is 13.4. The predicted molar refractivity (Wildman–Crippen MR) is 150 cm³/mol. The van der Waals surface area contributed by atoms with Crippen molar-refractivity contribution in [3.63, 3.8) is 0 Å². The zero-order chi connectivity index (χ0) is 27.8. The highest BCUT2D eigenvalue weighted by Crippen LogP contribution is 2.44. The maximum atomic E-state index is 13.2. The van der Waals surface area contributed by atoms with Crippen LogP contribution >= 0.6 is 0 Å². The molecule has 7 nitrogen and oxygen atoms in total. The number of amides is 2. The van der Waals surface area contributed by atoms with E-state index in [-0.39, 0.29) is 50.4 Å². The fourth-order valence-electron chi connectivity index (χ4n) is 5.36. The number of carboxylic acids is 1. The highest BCUT2D eigenvalue weighted by molar-refractivity contribution is 5.82. The number of nitrogens with one attached hydrogen (secondary N) is 1. The average Bonchev–Trinajstić information content (AvgIpc) is 3.24. The molecule has 7 heteroatoms. The molecule has 0 aromatic heterocycles. The molecular formula is C32H36N2O5. The number of rotatable bonds is 12. The van der Waals surface area contributed by atoms with E-state index in [0.29, 0.717) is 12.3 Å². The van der Waals surface area contributed by atoms with Gasteiger partial charge in [-0.05, 0) is 46.1 Å². The summed E-state index contributed by atoms with van der Waals surface area (Å²) in [5.74, 6) is -1.18. The number of hydrogen-bond donors (Lipinski definition) is 2. The largest absolute Gasteiger partial charge is 0.480 e. The molecular weight excluding hydrogens is 492 g/mol. The minimum Gasteiger partial charge on any atom is -0.480 e. The molecule has 2 amide bonds. The number of alkyl carbamates (subject to hydrolysis) is 1. The number of carbonyl (C=O) groups excluding carboxylic acids is 2. The molecule has 0 aliphatic heterocycles. The fraction of sp³-hybridized carbons (Fsp3) is 0.344. The number of fused-ring (bicyclic) bond motifs is 3. The van der Waals surface area contributed by atoms with Crippen molar-refractivity contribution >= 4 is 18.0 Å². The van der Waals surface area contributed by atoms with Crippen LogP contribution in [0.1, 0.15) is 49.3 Å². The van der Waals surface area contributed by atoms with Gasteiger partial charge in [0.2, 0.25) is 5.91 Å². The Hall–Kier alpha value is -4.13. The average molecular weight is 529 g/mol. The van der Waals surface area contributed by atoms with Crippen LogP contribution in [0, 0.1) is 11.8 Å². The zero-order valence-corrected chi connectivity index (χ0v) is 22.5. The van der Waals surface area contributed by atoms with Crippen LogP contribution in [-0.4, -0.2) is 47.7 Å². The van der Waals surface area contributed by atoms with E-state index in [1.807, 2.05) is 54.6 Å². The van der Waals surface area contributed by atoms with Gasteiger partial charge in [-0.3, -0.25) is 9.59 Å². The van der Waals surface area contributed by atoms with Gasteiger partial charge in [0.15, 0.2) is 0 Å². The van der Waals surface area contributed by atoms with Gasteiger partial charge in [-0.15, -0.1) is 0 Å². The van der Waals surface area contributed by atoms with Crippen LogP contribution in [0.3, 0.4) is 0 Å². The molecule has 4 rings (SSSR count). The van der Waals surface area contributed by atoms with Gasteiger partial charge in [-0.2, -0.15) is 0 Å². The van der Waals surface area contributed by atoms with E-state index in [4.69, 9.17) is 4.74 Å². The quantitative estimate of drug-likeness (QED) is 0.315. The fourth-order valence-corrected chi connectivity index (χ4v) is 5.36. The Balaban J connectivity index is 1.35. The molecule has 39 heavy (non-hydrogen) atoms. The molecule has 204 valence electrons. The summed E-state index contributed by atoms with van der Waals surface area (Å²) in [5, 5.41) is 12.2. The van der Waals surface area contributed by atoms with Crippen molar-refractivity contribution in [2.24, 2.45) is 11.8 Å². The van der Waals surface area contributed by atoms with Gasteiger partial charge in [0, 0.05) is 25.4 Å². The predicted octanol–water partition coefficient (Wildman–Crippen LogP) is 5.69. The second kappa shape index (κ2) is 13.1. The Bertz CT molecular complexity index is 1240. The van der Waals surface area contributed by atoms with Crippen molar-refractivity contribution in [2.75, 3.05) is 19.7 Å². The summed E-state index contributed by atoms with van der Waals surface area (Å²) >= 11 is 0. The van der Waals surface area contributed by atoms with Crippen LogP contribution in [0.5, 0.6) is 0 Å². The van der Waals surface area contributed by atoms with Gasteiger partial charge in [0.1, 0.15) is 13.2 Å². The number of nitrogens with zero attached hydrogens (tertiary/aromatic N) is 1. The van der Waals surface area contributed by atoms with E-state index in [1.54, 1.807) is 0 Å². The van der Waals surface area contributed by atoms with Crippen LogP contribution in [0.4, 0.5) is 4.79 Å². The summed E-state index contributed by atoms with van der Waals surface area (Å²) < 4.78 is 5.66. The molecule has 1 atom stereocenters. The smallest absolute Gasteiger partial charge is 0.407 e. The second-order valence-corrected chi connectivity index (χ2v) is 10.5. The van der Waals surface area contributed by atoms with Crippen LogP contribution in [0.15, 0.2) is 78.9 Å². The third-order valence-corrected chi connectivity index (χ3v) is 7.04. The summed E-state index contributed by atoms with van der Waals surface area (Å²) in [4.78, 5) is 38.7. The number of ether oxygens (including phenoxy) is 1. The maximum Gasteiger partial charge on any atom is 0.407 e. The van der Waals surface area contributed by atoms with Crippen LogP contribution in [-0.2, 0) is 20.9 Å². The number of benzene rings is 3. The topological polar surface area (TPSA) is 95.9 Å². The molecule has 3 aromatic carbocycles. The molecule has 0 radical (unpaired) electrons. The summed E-state index contributed by atoms with van der Waals surface area (Å²) in [7, 11) is 0. The highest BCUT2D eigenvalue weighted by atomic mass is 16.5. The monoisotopic (exact) mass is 528 g/mol. The molecule has 0 heterocycles.